The van der Waals surface area contributed by atoms with Crippen LogP contribution in [0.3, 0.4) is 0 Å². The molecule has 0 saturated heterocycles. The van der Waals surface area contributed by atoms with Crippen molar-refractivity contribution in [3.05, 3.63) is 0 Å². The lowest BCUT2D eigenvalue weighted by Crippen LogP contribution is -2.45. The van der Waals surface area contributed by atoms with E-state index in [1.807, 2.05) is 0 Å². The van der Waals surface area contributed by atoms with Crippen LogP contribution < -0.4 is 11.1 Å². The van der Waals surface area contributed by atoms with Gasteiger partial charge in [-0.15, -0.1) is 0 Å². The van der Waals surface area contributed by atoms with Gasteiger partial charge in [-0.2, -0.15) is 0 Å². The Morgan fingerprint density at radius 2 is 2.00 bits per heavy atom. The summed E-state index contributed by atoms with van der Waals surface area (Å²) < 4.78 is 10.5. The molecule has 6 nitrogen and oxygen atoms in total. The maximum atomic E-state index is 10.8. The molecular weight excluding hydrogens is 195 g/mol. The summed E-state index contributed by atoms with van der Waals surface area (Å²) in [7, 11) is -4.12. The second-order valence-corrected chi connectivity index (χ2v) is 4.80. The largest absolute Gasteiger partial charge is 0.368 e. The maximum Gasteiger partial charge on any atom is 0.339 e. The van der Waals surface area contributed by atoms with E-state index < -0.39 is 25.8 Å². The van der Waals surface area contributed by atoms with Crippen LogP contribution in [0.2, 0.25) is 0 Å². The van der Waals surface area contributed by atoms with Gasteiger partial charge in [-0.05, 0) is 5.92 Å². The van der Waals surface area contributed by atoms with Crippen molar-refractivity contribution >= 4 is 13.5 Å². The molecule has 0 saturated carbocycles. The van der Waals surface area contributed by atoms with Crippen molar-refractivity contribution < 1.29 is 19.1 Å². The molecule has 78 valence electrons. The zero-order chi connectivity index (χ0) is 10.6. The normalized spacial score (nSPS) is 14.5. The van der Waals surface area contributed by atoms with E-state index in [9.17, 15) is 9.36 Å². The Morgan fingerprint density at radius 3 is 2.23 bits per heavy atom. The minimum absolute atomic E-state index is 0.0935. The van der Waals surface area contributed by atoms with Gasteiger partial charge in [0.25, 0.3) is 0 Å². The molecule has 0 bridgehead atoms. The van der Waals surface area contributed by atoms with Crippen molar-refractivity contribution in [3.63, 3.8) is 0 Å². The van der Waals surface area contributed by atoms with Crippen LogP contribution >= 0.6 is 7.60 Å². The molecule has 1 atom stereocenters. The van der Waals surface area contributed by atoms with Crippen LogP contribution in [-0.2, 0) is 9.36 Å². The van der Waals surface area contributed by atoms with Crippen molar-refractivity contribution in [2.24, 2.45) is 11.7 Å². The van der Waals surface area contributed by atoms with Crippen LogP contribution in [0.1, 0.15) is 13.8 Å². The third-order valence-electron chi connectivity index (χ3n) is 1.49. The van der Waals surface area contributed by atoms with Crippen LogP contribution in [0, 0.1) is 5.92 Å². The molecule has 0 spiro atoms. The third kappa shape index (κ3) is 5.76. The lowest BCUT2D eigenvalue weighted by atomic mass is 10.0. The van der Waals surface area contributed by atoms with Gasteiger partial charge in [-0.1, -0.05) is 13.8 Å². The monoisotopic (exact) mass is 210 g/mol. The summed E-state index contributed by atoms with van der Waals surface area (Å²) in [5.41, 5.74) is 5.01. The Labute approximate surface area is 76.7 Å². The molecule has 0 fully saturated rings. The molecule has 0 rings (SSSR count). The van der Waals surface area contributed by atoms with Gasteiger partial charge in [-0.3, -0.25) is 14.7 Å². The zero-order valence-corrected chi connectivity index (χ0v) is 8.49. The van der Waals surface area contributed by atoms with Crippen LogP contribution in [0.25, 0.3) is 0 Å². The number of rotatable bonds is 5. The Kier molecular flexibility index (Phi) is 4.56. The summed E-state index contributed by atoms with van der Waals surface area (Å²) >= 11 is 0. The Morgan fingerprint density at radius 1 is 1.54 bits per heavy atom. The number of amides is 1. The van der Waals surface area contributed by atoms with E-state index in [4.69, 9.17) is 15.5 Å². The predicted octanol–water partition coefficient (Wildman–Crippen LogP) is -0.779. The molecule has 0 unspecified atom stereocenters. The van der Waals surface area contributed by atoms with E-state index in [0.29, 0.717) is 0 Å². The number of hydrogen-bond acceptors (Lipinski definition) is 3. The highest BCUT2D eigenvalue weighted by atomic mass is 31.2. The molecule has 0 aromatic heterocycles. The molecule has 0 aliphatic heterocycles. The first-order valence-corrected chi connectivity index (χ1v) is 5.61. The summed E-state index contributed by atoms with van der Waals surface area (Å²) in [5, 5.41) is 2.42. The van der Waals surface area contributed by atoms with E-state index in [-0.39, 0.29) is 5.92 Å². The van der Waals surface area contributed by atoms with Gasteiger partial charge < -0.3 is 15.5 Å². The number of carbonyl (C=O) groups excluding carboxylic acids is 1. The average molecular weight is 210 g/mol. The van der Waals surface area contributed by atoms with E-state index in [0.717, 1.165) is 0 Å². The molecule has 1 amide bonds. The standard InChI is InChI=1S/C6H15N2O4P/c1-4(2)5(6(7)9)8-3-13(10,11)12/h4-5,8H,3H2,1-2H3,(H2,7,9)(H2,10,11,12)/t5-/m0/s1. The molecule has 5 N–H and O–H groups in total. The molecule has 0 radical (unpaired) electrons. The zero-order valence-electron chi connectivity index (χ0n) is 7.60. The number of carbonyl (C=O) groups is 1. The van der Waals surface area contributed by atoms with Crippen molar-refractivity contribution in [2.45, 2.75) is 19.9 Å². The number of hydrogen-bond donors (Lipinski definition) is 4. The Bertz CT molecular complexity index is 225. The SMILES string of the molecule is CC(C)[C@H](NCP(=O)(O)O)C(N)=O. The minimum Gasteiger partial charge on any atom is -0.368 e. The van der Waals surface area contributed by atoms with Crippen LogP contribution in [0.15, 0.2) is 0 Å². The summed E-state index contributed by atoms with van der Waals surface area (Å²) in [4.78, 5) is 27.8. The van der Waals surface area contributed by atoms with Gasteiger partial charge in [0.15, 0.2) is 0 Å². The number of nitrogens with one attached hydrogen (secondary N) is 1. The van der Waals surface area contributed by atoms with Gasteiger partial charge in [0.05, 0.1) is 12.3 Å². The fourth-order valence-electron chi connectivity index (χ4n) is 0.882. The summed E-state index contributed by atoms with van der Waals surface area (Å²) in [5.74, 6) is -0.701. The Hall–Kier alpha value is -0.420. The van der Waals surface area contributed by atoms with Gasteiger partial charge in [0.1, 0.15) is 0 Å². The molecule has 0 aliphatic rings. The highest BCUT2D eigenvalue weighted by molar-refractivity contribution is 7.51. The van der Waals surface area contributed by atoms with Crippen molar-refractivity contribution in [2.75, 3.05) is 6.29 Å². The molecular formula is C6H15N2O4P. The molecule has 0 aromatic rings. The maximum absolute atomic E-state index is 10.8. The molecule has 0 aromatic carbocycles. The second kappa shape index (κ2) is 4.72. The highest BCUT2D eigenvalue weighted by Gasteiger charge is 2.22. The smallest absolute Gasteiger partial charge is 0.339 e. The van der Waals surface area contributed by atoms with Gasteiger partial charge in [-0.25, -0.2) is 0 Å². The fourth-order valence-corrected chi connectivity index (χ4v) is 1.32. The van der Waals surface area contributed by atoms with Crippen LogP contribution in [0.5, 0.6) is 0 Å². The molecule has 0 aliphatic carbocycles. The van der Waals surface area contributed by atoms with Crippen molar-refractivity contribution in [1.29, 1.82) is 0 Å². The predicted molar refractivity (Wildman–Crippen MR) is 47.9 cm³/mol. The quantitative estimate of drug-likeness (QED) is 0.445. The van der Waals surface area contributed by atoms with Gasteiger partial charge in [0, 0.05) is 0 Å². The summed E-state index contributed by atoms with van der Waals surface area (Å²) in [6.07, 6.45) is -0.529. The Balaban J connectivity index is 4.14. The summed E-state index contributed by atoms with van der Waals surface area (Å²) in [6.45, 7) is 3.48. The van der Waals surface area contributed by atoms with E-state index >= 15 is 0 Å². The molecule has 0 heterocycles. The van der Waals surface area contributed by atoms with Crippen LogP contribution in [-0.4, -0.2) is 28.0 Å². The molecule has 13 heavy (non-hydrogen) atoms. The average Bonchev–Trinajstić information content (AvgIpc) is 1.82. The van der Waals surface area contributed by atoms with Gasteiger partial charge in [0.2, 0.25) is 5.91 Å². The van der Waals surface area contributed by atoms with Gasteiger partial charge >= 0.3 is 7.60 Å². The number of nitrogens with two attached hydrogens (primary N) is 1. The van der Waals surface area contributed by atoms with Crippen molar-refractivity contribution in [3.8, 4) is 0 Å². The van der Waals surface area contributed by atoms with E-state index in [1.165, 1.54) is 0 Å². The minimum atomic E-state index is -4.12. The fraction of sp³-hybridized carbons (Fsp3) is 0.833. The van der Waals surface area contributed by atoms with E-state index in [1.54, 1.807) is 13.8 Å². The first kappa shape index (κ1) is 12.6. The highest BCUT2D eigenvalue weighted by Crippen LogP contribution is 2.32. The first-order valence-electron chi connectivity index (χ1n) is 3.81. The van der Waals surface area contributed by atoms with Crippen molar-refractivity contribution in [1.82, 2.24) is 5.32 Å². The second-order valence-electron chi connectivity index (χ2n) is 3.15. The third-order valence-corrected chi connectivity index (χ3v) is 2.08. The lowest BCUT2D eigenvalue weighted by molar-refractivity contribution is -0.120. The summed E-state index contributed by atoms with van der Waals surface area (Å²) in [6, 6.07) is -0.701. The van der Waals surface area contributed by atoms with E-state index in [2.05, 4.69) is 5.32 Å². The topological polar surface area (TPSA) is 113 Å². The molecule has 7 heteroatoms. The first-order chi connectivity index (χ1) is 5.74. The lowest BCUT2D eigenvalue weighted by Gasteiger charge is -2.18. The number of primary amides is 1. The van der Waals surface area contributed by atoms with Crippen LogP contribution in [0.4, 0.5) is 0 Å².